The van der Waals surface area contributed by atoms with E-state index in [0.717, 1.165) is 16.9 Å². The normalized spacial score (nSPS) is 20.6. The molecule has 2 aliphatic rings. The smallest absolute Gasteiger partial charge is 0.328 e. The number of nitrogens with zero attached hydrogens (tertiary/aromatic N) is 2. The molecule has 11 heteroatoms. The summed E-state index contributed by atoms with van der Waals surface area (Å²) in [4.78, 5) is 78.4. The van der Waals surface area contributed by atoms with Gasteiger partial charge in [0, 0.05) is 18.9 Å². The van der Waals surface area contributed by atoms with E-state index < -0.39 is 59.5 Å². The Bertz CT molecular complexity index is 1030. The summed E-state index contributed by atoms with van der Waals surface area (Å²) in [5.41, 5.74) is 6.29. The number of carbonyl (C=O) groups is 6. The number of esters is 1. The van der Waals surface area contributed by atoms with Crippen LogP contribution in [0.1, 0.15) is 54.3 Å². The predicted molar refractivity (Wildman–Crippen MR) is 123 cm³/mol. The number of amides is 5. The second-order valence-corrected chi connectivity index (χ2v) is 9.18. The summed E-state index contributed by atoms with van der Waals surface area (Å²) in [7, 11) is 1.16. The van der Waals surface area contributed by atoms with Crippen LogP contribution in [0.3, 0.4) is 0 Å². The Labute approximate surface area is 202 Å². The van der Waals surface area contributed by atoms with Crippen LogP contribution in [-0.4, -0.2) is 77.1 Å². The average molecular weight is 487 g/mol. The van der Waals surface area contributed by atoms with E-state index in [0.29, 0.717) is 0 Å². The van der Waals surface area contributed by atoms with Crippen LogP contribution in [0.15, 0.2) is 24.3 Å². The van der Waals surface area contributed by atoms with E-state index in [-0.39, 0.29) is 36.4 Å². The number of ether oxygens (including phenoxy) is 1. The first-order valence-corrected chi connectivity index (χ1v) is 11.4. The lowest BCUT2D eigenvalue weighted by Crippen LogP contribution is -2.59. The zero-order valence-corrected chi connectivity index (χ0v) is 20.1. The molecule has 35 heavy (non-hydrogen) atoms. The molecule has 0 aromatic heterocycles. The van der Waals surface area contributed by atoms with E-state index in [1.807, 2.05) is 0 Å². The van der Waals surface area contributed by atoms with Gasteiger partial charge in [-0.1, -0.05) is 32.9 Å². The van der Waals surface area contributed by atoms with Gasteiger partial charge >= 0.3 is 5.97 Å². The molecular formula is C24H30N4O7. The molecule has 4 atom stereocenters. The van der Waals surface area contributed by atoms with Gasteiger partial charge in [0.05, 0.1) is 24.3 Å². The van der Waals surface area contributed by atoms with E-state index in [4.69, 9.17) is 10.5 Å². The van der Waals surface area contributed by atoms with Crippen molar-refractivity contribution in [2.75, 3.05) is 13.7 Å². The number of nitrogens with two attached hydrogens (primary N) is 1. The molecule has 0 radical (unpaired) electrons. The van der Waals surface area contributed by atoms with Gasteiger partial charge in [-0.25, -0.2) is 4.79 Å². The number of piperidine rings is 1. The van der Waals surface area contributed by atoms with Crippen LogP contribution < -0.4 is 11.1 Å². The number of fused-ring (bicyclic) bond motifs is 1. The number of benzene rings is 1. The molecular weight excluding hydrogens is 456 g/mol. The third-order valence-electron chi connectivity index (χ3n) is 6.43. The van der Waals surface area contributed by atoms with Crippen molar-refractivity contribution in [3.63, 3.8) is 0 Å². The van der Waals surface area contributed by atoms with Crippen molar-refractivity contribution < 1.29 is 33.5 Å². The van der Waals surface area contributed by atoms with Crippen LogP contribution in [0, 0.1) is 11.8 Å². The third-order valence-corrected chi connectivity index (χ3v) is 6.43. The van der Waals surface area contributed by atoms with Crippen molar-refractivity contribution in [3.8, 4) is 0 Å². The molecule has 11 nitrogen and oxygen atoms in total. The van der Waals surface area contributed by atoms with E-state index >= 15 is 0 Å². The van der Waals surface area contributed by atoms with Crippen molar-refractivity contribution in [1.29, 1.82) is 0 Å². The fourth-order valence-corrected chi connectivity index (χ4v) is 4.25. The van der Waals surface area contributed by atoms with E-state index in [2.05, 4.69) is 5.32 Å². The Kier molecular flexibility index (Phi) is 7.69. The second kappa shape index (κ2) is 10.3. The minimum atomic E-state index is -1.17. The number of hydrogen-bond acceptors (Lipinski definition) is 8. The largest absolute Gasteiger partial charge is 0.467 e. The number of rotatable bonds is 8. The second-order valence-electron chi connectivity index (χ2n) is 9.18. The first kappa shape index (κ1) is 26.0. The lowest BCUT2D eigenvalue weighted by Gasteiger charge is -2.36. The summed E-state index contributed by atoms with van der Waals surface area (Å²) in [6, 6.07) is 3.09. The maximum absolute atomic E-state index is 13.3. The van der Waals surface area contributed by atoms with Gasteiger partial charge in [0.25, 0.3) is 17.7 Å². The van der Waals surface area contributed by atoms with Crippen molar-refractivity contribution in [2.24, 2.45) is 17.6 Å². The topological polar surface area (TPSA) is 156 Å². The number of nitrogens with one attached hydrogen (secondary N) is 1. The van der Waals surface area contributed by atoms with Crippen molar-refractivity contribution in [3.05, 3.63) is 35.4 Å². The average Bonchev–Trinajstić information content (AvgIpc) is 3.09. The molecule has 0 spiro atoms. The lowest BCUT2D eigenvalue weighted by molar-refractivity contribution is -0.154. The summed E-state index contributed by atoms with van der Waals surface area (Å²) < 4.78 is 4.80. The van der Waals surface area contributed by atoms with Crippen LogP contribution in [-0.2, 0) is 23.9 Å². The van der Waals surface area contributed by atoms with Gasteiger partial charge in [-0.2, -0.15) is 0 Å². The van der Waals surface area contributed by atoms with Gasteiger partial charge in [-0.3, -0.25) is 33.8 Å². The number of imide groups is 2. The first-order chi connectivity index (χ1) is 16.5. The fourth-order valence-electron chi connectivity index (χ4n) is 4.25. The van der Waals surface area contributed by atoms with E-state index in [9.17, 15) is 28.8 Å². The highest BCUT2D eigenvalue weighted by Crippen LogP contribution is 2.29. The molecule has 0 bridgehead atoms. The van der Waals surface area contributed by atoms with Crippen LogP contribution in [0.5, 0.6) is 0 Å². The molecule has 2 heterocycles. The zero-order valence-electron chi connectivity index (χ0n) is 20.1. The number of hydrogen-bond donors (Lipinski definition) is 2. The molecule has 2 unspecified atom stereocenters. The highest BCUT2D eigenvalue weighted by Gasteiger charge is 2.47. The quantitative estimate of drug-likeness (QED) is 0.386. The van der Waals surface area contributed by atoms with Crippen molar-refractivity contribution in [2.45, 2.75) is 51.7 Å². The van der Waals surface area contributed by atoms with E-state index in [1.165, 1.54) is 12.1 Å². The van der Waals surface area contributed by atoms with Gasteiger partial charge in [0.1, 0.15) is 12.1 Å². The molecule has 5 amide bonds. The summed E-state index contributed by atoms with van der Waals surface area (Å²) >= 11 is 0. The van der Waals surface area contributed by atoms with Gasteiger partial charge in [-0.15, -0.1) is 0 Å². The molecule has 1 aromatic carbocycles. The molecule has 1 saturated heterocycles. The van der Waals surface area contributed by atoms with Crippen LogP contribution in [0.2, 0.25) is 0 Å². The van der Waals surface area contributed by atoms with Crippen molar-refractivity contribution in [1.82, 2.24) is 15.1 Å². The maximum atomic E-state index is 13.3. The molecule has 3 N–H and O–H groups in total. The molecule has 0 saturated carbocycles. The van der Waals surface area contributed by atoms with Crippen LogP contribution in [0.4, 0.5) is 0 Å². The third kappa shape index (κ3) is 4.95. The van der Waals surface area contributed by atoms with Crippen LogP contribution >= 0.6 is 0 Å². The Balaban J connectivity index is 1.79. The Morgan fingerprint density at radius 1 is 1.09 bits per heavy atom. The highest BCUT2D eigenvalue weighted by molar-refractivity contribution is 6.23. The summed E-state index contributed by atoms with van der Waals surface area (Å²) in [6.07, 6.45) is -0.0571. The van der Waals surface area contributed by atoms with Gasteiger partial charge in [0.15, 0.2) is 0 Å². The summed E-state index contributed by atoms with van der Waals surface area (Å²) in [6.45, 7) is 4.86. The Morgan fingerprint density at radius 3 is 2.17 bits per heavy atom. The number of likely N-dealkylation sites (tertiary alicyclic amines) is 1. The predicted octanol–water partition coefficient (Wildman–Crippen LogP) is 0.0774. The first-order valence-electron chi connectivity index (χ1n) is 11.4. The molecule has 1 aromatic rings. The van der Waals surface area contributed by atoms with Crippen LogP contribution in [0.25, 0.3) is 0 Å². The van der Waals surface area contributed by atoms with Gasteiger partial charge < -0.3 is 15.8 Å². The van der Waals surface area contributed by atoms with Gasteiger partial charge in [0.2, 0.25) is 11.8 Å². The molecule has 2 aliphatic heterocycles. The molecule has 0 aliphatic carbocycles. The maximum Gasteiger partial charge on any atom is 0.328 e. The minimum absolute atomic E-state index is 0.00836. The fraction of sp³-hybridized carbons (Fsp3) is 0.500. The Morgan fingerprint density at radius 2 is 1.66 bits per heavy atom. The van der Waals surface area contributed by atoms with E-state index in [1.54, 1.807) is 32.9 Å². The molecule has 3 rings (SSSR count). The zero-order chi connectivity index (χ0) is 26.0. The minimum Gasteiger partial charge on any atom is -0.467 e. The lowest BCUT2D eigenvalue weighted by atomic mass is 9.96. The number of carbonyl (C=O) groups excluding carboxylic acids is 6. The van der Waals surface area contributed by atoms with Gasteiger partial charge in [-0.05, 0) is 24.5 Å². The highest BCUT2D eigenvalue weighted by atomic mass is 16.5. The SMILES string of the molecule is COC(=O)[C@@H](NC(=O)C(N)C(C)C)C(C)CN1C(=O)CC[C@H](N2C(=O)c3ccccc3C2=O)C1=O. The molecule has 188 valence electrons. The number of methoxy groups -OCH3 is 1. The monoisotopic (exact) mass is 486 g/mol. The standard InChI is InChI=1S/C24H30N4O7/c1-12(2)18(25)20(30)26-19(24(34)35-4)13(3)11-27-17(29)10-9-16(23(27)33)28-21(31)14-7-5-6-8-15(14)22(28)32/h5-8,12-13,16,18-19H,9-11,25H2,1-4H3,(H,26,30)/t13?,16-,18?,19-/m0/s1. The molecule has 1 fully saturated rings. The summed E-state index contributed by atoms with van der Waals surface area (Å²) in [5.74, 6) is -4.63. The Hall–Kier alpha value is -3.60. The van der Waals surface area contributed by atoms with Crippen molar-refractivity contribution >= 4 is 35.5 Å². The summed E-state index contributed by atoms with van der Waals surface area (Å²) in [5, 5.41) is 2.55.